The molecule has 0 aromatic heterocycles. The minimum Gasteiger partial charge on any atom is -0.481 e. The van der Waals surface area contributed by atoms with Gasteiger partial charge in [-0.1, -0.05) is 31.5 Å². The van der Waals surface area contributed by atoms with Crippen molar-refractivity contribution in [2.75, 3.05) is 24.5 Å². The van der Waals surface area contributed by atoms with Gasteiger partial charge < -0.3 is 15.3 Å². The van der Waals surface area contributed by atoms with E-state index < -0.39 is 11.9 Å². The highest BCUT2D eigenvalue weighted by Gasteiger charge is 2.30. The van der Waals surface area contributed by atoms with E-state index in [1.54, 1.807) is 0 Å². The smallest absolute Gasteiger partial charge is 0.311 e. The number of amides is 1. The summed E-state index contributed by atoms with van der Waals surface area (Å²) in [6.07, 6.45) is 2.56. The lowest BCUT2D eigenvalue weighted by atomic mass is 9.90. The van der Waals surface area contributed by atoms with Gasteiger partial charge in [0.15, 0.2) is 0 Å². The van der Waals surface area contributed by atoms with Crippen LogP contribution in [0, 0.1) is 0 Å². The van der Waals surface area contributed by atoms with E-state index in [9.17, 15) is 14.7 Å². The standard InChI is InChI=1S/C16H22N2O3/c1-2-3-9-17-15(19)11-18-10-8-13(16(20)21)12-6-4-5-7-14(12)18/h4-7,13H,2-3,8-11H2,1H3,(H,17,19)(H,20,21). The first-order valence-corrected chi connectivity index (χ1v) is 7.47. The third-order valence-electron chi connectivity index (χ3n) is 3.83. The van der Waals surface area contributed by atoms with Crippen LogP contribution >= 0.6 is 0 Å². The number of carboxylic acids is 1. The van der Waals surface area contributed by atoms with Gasteiger partial charge in [0.05, 0.1) is 12.5 Å². The fourth-order valence-electron chi connectivity index (χ4n) is 2.69. The summed E-state index contributed by atoms with van der Waals surface area (Å²) in [5.74, 6) is -1.28. The molecule has 1 aromatic rings. The first kappa shape index (κ1) is 15.4. The van der Waals surface area contributed by atoms with E-state index >= 15 is 0 Å². The fourth-order valence-corrected chi connectivity index (χ4v) is 2.69. The Kier molecular flexibility index (Phi) is 5.20. The van der Waals surface area contributed by atoms with Crippen molar-refractivity contribution in [1.29, 1.82) is 0 Å². The van der Waals surface area contributed by atoms with E-state index in [1.165, 1.54) is 0 Å². The number of benzene rings is 1. The number of nitrogens with zero attached hydrogens (tertiary/aromatic N) is 1. The highest BCUT2D eigenvalue weighted by Crippen LogP contribution is 2.34. The summed E-state index contributed by atoms with van der Waals surface area (Å²) in [6.45, 7) is 3.66. The molecule has 0 spiro atoms. The number of hydrogen-bond acceptors (Lipinski definition) is 3. The first-order chi connectivity index (χ1) is 10.1. The van der Waals surface area contributed by atoms with Gasteiger partial charge in [0.2, 0.25) is 5.91 Å². The minimum atomic E-state index is -0.797. The Morgan fingerprint density at radius 3 is 2.86 bits per heavy atom. The van der Waals surface area contributed by atoms with Crippen LogP contribution < -0.4 is 10.2 Å². The number of para-hydroxylation sites is 1. The molecule has 0 radical (unpaired) electrons. The second-order valence-corrected chi connectivity index (χ2v) is 5.36. The SMILES string of the molecule is CCCCNC(=O)CN1CCC(C(=O)O)c2ccccc21. The van der Waals surface area contributed by atoms with Gasteiger partial charge in [0, 0.05) is 18.8 Å². The van der Waals surface area contributed by atoms with Crippen LogP contribution in [-0.4, -0.2) is 36.6 Å². The zero-order chi connectivity index (χ0) is 15.2. The molecule has 1 aliphatic heterocycles. The molecular weight excluding hydrogens is 268 g/mol. The van der Waals surface area contributed by atoms with Crippen molar-refractivity contribution >= 4 is 17.6 Å². The fraction of sp³-hybridized carbons (Fsp3) is 0.500. The number of nitrogens with one attached hydrogen (secondary N) is 1. The average molecular weight is 290 g/mol. The molecule has 2 N–H and O–H groups in total. The average Bonchev–Trinajstić information content (AvgIpc) is 2.47. The molecule has 114 valence electrons. The van der Waals surface area contributed by atoms with E-state index in [0.717, 1.165) is 24.1 Å². The van der Waals surface area contributed by atoms with Crippen molar-refractivity contribution in [3.8, 4) is 0 Å². The van der Waals surface area contributed by atoms with Crippen LogP contribution in [0.5, 0.6) is 0 Å². The highest BCUT2D eigenvalue weighted by atomic mass is 16.4. The number of rotatable bonds is 6. The second-order valence-electron chi connectivity index (χ2n) is 5.36. The topological polar surface area (TPSA) is 69.6 Å². The third kappa shape index (κ3) is 3.74. The Hall–Kier alpha value is -2.04. The number of anilines is 1. The van der Waals surface area contributed by atoms with Crippen LogP contribution in [0.15, 0.2) is 24.3 Å². The number of fused-ring (bicyclic) bond motifs is 1. The molecule has 0 saturated carbocycles. The molecule has 1 unspecified atom stereocenters. The molecule has 21 heavy (non-hydrogen) atoms. The number of carbonyl (C=O) groups is 2. The summed E-state index contributed by atoms with van der Waals surface area (Å²) in [6, 6.07) is 7.46. The van der Waals surface area contributed by atoms with Crippen molar-refractivity contribution in [1.82, 2.24) is 5.32 Å². The quantitative estimate of drug-likeness (QED) is 0.786. The van der Waals surface area contributed by atoms with Gasteiger partial charge in [0.1, 0.15) is 0 Å². The molecule has 0 bridgehead atoms. The van der Waals surface area contributed by atoms with E-state index in [4.69, 9.17) is 0 Å². The number of carbonyl (C=O) groups excluding carboxylic acids is 1. The lowest BCUT2D eigenvalue weighted by Crippen LogP contribution is -2.41. The first-order valence-electron chi connectivity index (χ1n) is 7.47. The van der Waals surface area contributed by atoms with Crippen LogP contribution in [0.1, 0.15) is 37.7 Å². The van der Waals surface area contributed by atoms with E-state index in [2.05, 4.69) is 12.2 Å². The zero-order valence-corrected chi connectivity index (χ0v) is 12.3. The second kappa shape index (κ2) is 7.11. The maximum absolute atomic E-state index is 11.9. The molecule has 5 nitrogen and oxygen atoms in total. The lowest BCUT2D eigenvalue weighted by molar-refractivity contribution is -0.139. The predicted molar refractivity (Wildman–Crippen MR) is 81.6 cm³/mol. The summed E-state index contributed by atoms with van der Waals surface area (Å²) in [5.41, 5.74) is 1.67. The molecular formula is C16H22N2O3. The third-order valence-corrected chi connectivity index (χ3v) is 3.83. The van der Waals surface area contributed by atoms with Crippen LogP contribution in [0.2, 0.25) is 0 Å². The van der Waals surface area contributed by atoms with Crippen LogP contribution in [0.3, 0.4) is 0 Å². The van der Waals surface area contributed by atoms with E-state index in [-0.39, 0.29) is 12.5 Å². The van der Waals surface area contributed by atoms with Gasteiger partial charge in [-0.25, -0.2) is 0 Å². The number of aliphatic carboxylic acids is 1. The maximum Gasteiger partial charge on any atom is 0.311 e. The van der Waals surface area contributed by atoms with Crippen molar-refractivity contribution in [3.63, 3.8) is 0 Å². The minimum absolute atomic E-state index is 0.00738. The normalized spacial score (nSPS) is 17.2. The lowest BCUT2D eigenvalue weighted by Gasteiger charge is -2.33. The van der Waals surface area contributed by atoms with Crippen LogP contribution in [0.25, 0.3) is 0 Å². The Morgan fingerprint density at radius 2 is 2.14 bits per heavy atom. The Balaban J connectivity index is 2.07. The molecule has 1 aromatic carbocycles. The molecule has 0 aliphatic carbocycles. The molecule has 5 heteroatoms. The molecule has 1 aliphatic rings. The van der Waals surface area contributed by atoms with Gasteiger partial charge >= 0.3 is 5.97 Å². The Morgan fingerprint density at radius 1 is 1.38 bits per heavy atom. The van der Waals surface area contributed by atoms with Crippen LogP contribution in [0.4, 0.5) is 5.69 Å². The predicted octanol–water partition coefficient (Wildman–Crippen LogP) is 1.98. The molecule has 1 atom stereocenters. The molecule has 0 saturated heterocycles. The Labute approximate surface area is 125 Å². The number of hydrogen-bond donors (Lipinski definition) is 2. The summed E-state index contributed by atoms with van der Waals surface area (Å²) < 4.78 is 0. The summed E-state index contributed by atoms with van der Waals surface area (Å²) >= 11 is 0. The van der Waals surface area contributed by atoms with Crippen molar-refractivity contribution in [2.24, 2.45) is 0 Å². The molecule has 2 rings (SSSR count). The van der Waals surface area contributed by atoms with E-state index in [1.807, 2.05) is 29.2 Å². The van der Waals surface area contributed by atoms with Gasteiger partial charge in [-0.05, 0) is 24.5 Å². The van der Waals surface area contributed by atoms with Gasteiger partial charge in [0.25, 0.3) is 0 Å². The summed E-state index contributed by atoms with van der Waals surface area (Å²) in [7, 11) is 0. The maximum atomic E-state index is 11.9. The Bertz CT molecular complexity index is 516. The molecule has 1 heterocycles. The number of unbranched alkanes of at least 4 members (excludes halogenated alkanes) is 1. The number of carboxylic acid groups (broad SMARTS) is 1. The van der Waals surface area contributed by atoms with Crippen LogP contribution in [-0.2, 0) is 9.59 Å². The van der Waals surface area contributed by atoms with E-state index in [0.29, 0.717) is 19.5 Å². The van der Waals surface area contributed by atoms with Gasteiger partial charge in [-0.2, -0.15) is 0 Å². The van der Waals surface area contributed by atoms with Crippen molar-refractivity contribution in [3.05, 3.63) is 29.8 Å². The largest absolute Gasteiger partial charge is 0.481 e. The van der Waals surface area contributed by atoms with Crippen molar-refractivity contribution < 1.29 is 14.7 Å². The van der Waals surface area contributed by atoms with Gasteiger partial charge in [-0.15, -0.1) is 0 Å². The zero-order valence-electron chi connectivity index (χ0n) is 12.3. The summed E-state index contributed by atoms with van der Waals surface area (Å²) in [5, 5.41) is 12.2. The monoisotopic (exact) mass is 290 g/mol. The molecule has 1 amide bonds. The molecule has 0 fully saturated rings. The highest BCUT2D eigenvalue weighted by molar-refractivity contribution is 5.84. The van der Waals surface area contributed by atoms with Crippen molar-refractivity contribution in [2.45, 2.75) is 32.1 Å². The van der Waals surface area contributed by atoms with Gasteiger partial charge in [-0.3, -0.25) is 9.59 Å². The summed E-state index contributed by atoms with van der Waals surface area (Å²) in [4.78, 5) is 25.2.